The number of hydrogen-bond acceptors (Lipinski definition) is 8. The molecule has 36 heavy (non-hydrogen) atoms. The second kappa shape index (κ2) is 10.1. The molecule has 194 valence electrons. The quantitative estimate of drug-likeness (QED) is 0.324. The summed E-state index contributed by atoms with van der Waals surface area (Å²) in [7, 11) is 0. The Kier molecular flexibility index (Phi) is 7.50. The highest BCUT2D eigenvalue weighted by Gasteiger charge is 2.46. The zero-order chi connectivity index (χ0) is 26.4. The van der Waals surface area contributed by atoms with Crippen molar-refractivity contribution >= 4 is 23.4 Å². The van der Waals surface area contributed by atoms with E-state index in [4.69, 9.17) is 16.3 Å². The van der Waals surface area contributed by atoms with Crippen LogP contribution in [0.15, 0.2) is 35.5 Å². The van der Waals surface area contributed by atoms with Gasteiger partial charge >= 0.3 is 6.18 Å². The van der Waals surface area contributed by atoms with Crippen LogP contribution in [-0.4, -0.2) is 65.7 Å². The van der Waals surface area contributed by atoms with E-state index in [1.807, 2.05) is 0 Å². The Hall–Kier alpha value is -2.43. The summed E-state index contributed by atoms with van der Waals surface area (Å²) >= 11 is 6.41. The minimum Gasteiger partial charge on any atom is -0.394 e. The molecule has 1 saturated heterocycles. The predicted octanol–water partition coefficient (Wildman–Crippen LogP) is 3.20. The van der Waals surface area contributed by atoms with Crippen molar-refractivity contribution in [2.45, 2.75) is 40.9 Å². The van der Waals surface area contributed by atoms with Gasteiger partial charge in [-0.25, -0.2) is 22.8 Å². The molecule has 1 fully saturated rings. The third kappa shape index (κ3) is 5.17. The first kappa shape index (κ1) is 26.6. The van der Waals surface area contributed by atoms with Gasteiger partial charge in [0.15, 0.2) is 23.1 Å². The van der Waals surface area contributed by atoms with E-state index < -0.39 is 70.7 Å². The highest BCUT2D eigenvalue weighted by Crippen LogP contribution is 2.40. The van der Waals surface area contributed by atoms with Gasteiger partial charge in [0, 0.05) is 16.7 Å². The van der Waals surface area contributed by atoms with Crippen molar-refractivity contribution in [3.63, 3.8) is 0 Å². The van der Waals surface area contributed by atoms with Crippen molar-refractivity contribution < 1.29 is 46.4 Å². The molecule has 0 bridgehead atoms. The van der Waals surface area contributed by atoms with Crippen LogP contribution in [0.4, 0.5) is 26.3 Å². The van der Waals surface area contributed by atoms with Crippen LogP contribution >= 0.6 is 23.4 Å². The summed E-state index contributed by atoms with van der Waals surface area (Å²) in [4.78, 5) is 3.38. The molecule has 3 heterocycles. The molecule has 0 amide bonds. The normalized spacial score (nSPS) is 24.8. The standard InChI is InChI=1S/C20H15ClF6N4O4S/c21-9-3-8(4-28-18(9)20(25,26)27)36-19-17(34)15(16(33)13(6-32)35-19)31-5-12(29-30-31)7-1-10(22)14(24)11(23)2-7/h1-5,13,15-17,19,32-34H,6H2/t13?,15-,16-,17?,19+/m0/s1. The molecule has 8 nitrogen and oxygen atoms in total. The maximum atomic E-state index is 13.6. The van der Waals surface area contributed by atoms with E-state index in [2.05, 4.69) is 15.3 Å². The second-order valence-electron chi connectivity index (χ2n) is 7.65. The lowest BCUT2D eigenvalue weighted by atomic mass is 9.97. The smallest absolute Gasteiger partial charge is 0.394 e. The van der Waals surface area contributed by atoms with Crippen LogP contribution in [0, 0.1) is 17.5 Å². The first-order valence-electron chi connectivity index (χ1n) is 9.99. The number of hydrogen-bond donors (Lipinski definition) is 3. The van der Waals surface area contributed by atoms with Crippen molar-refractivity contribution in [1.82, 2.24) is 20.0 Å². The fourth-order valence-electron chi connectivity index (χ4n) is 3.56. The Balaban J connectivity index is 1.62. The number of nitrogens with zero attached hydrogens (tertiary/aromatic N) is 4. The number of aliphatic hydroxyl groups is 3. The van der Waals surface area contributed by atoms with E-state index in [0.717, 1.165) is 34.9 Å². The Morgan fingerprint density at radius 2 is 1.75 bits per heavy atom. The zero-order valence-corrected chi connectivity index (χ0v) is 19.1. The molecule has 0 saturated carbocycles. The highest BCUT2D eigenvalue weighted by molar-refractivity contribution is 7.99. The van der Waals surface area contributed by atoms with Crippen molar-refractivity contribution in [3.8, 4) is 11.3 Å². The van der Waals surface area contributed by atoms with E-state index >= 15 is 0 Å². The maximum Gasteiger partial charge on any atom is 0.434 e. The molecule has 5 atom stereocenters. The molecule has 1 aliphatic rings. The molecular formula is C20H15ClF6N4O4S. The van der Waals surface area contributed by atoms with Crippen molar-refractivity contribution in [1.29, 1.82) is 0 Å². The molecule has 1 aromatic carbocycles. The van der Waals surface area contributed by atoms with E-state index in [-0.39, 0.29) is 16.2 Å². The van der Waals surface area contributed by atoms with Crippen molar-refractivity contribution in [2.75, 3.05) is 6.61 Å². The topological polar surface area (TPSA) is 114 Å². The van der Waals surface area contributed by atoms with Gasteiger partial charge in [0.05, 0.1) is 17.8 Å². The van der Waals surface area contributed by atoms with E-state index in [1.54, 1.807) is 0 Å². The number of alkyl halides is 3. The van der Waals surface area contributed by atoms with E-state index in [0.29, 0.717) is 12.1 Å². The summed E-state index contributed by atoms with van der Waals surface area (Å²) in [5.41, 5.74) is -2.85. The molecular weight excluding hydrogens is 542 g/mol. The number of aromatic nitrogens is 4. The zero-order valence-electron chi connectivity index (χ0n) is 17.6. The summed E-state index contributed by atoms with van der Waals surface area (Å²) in [5.74, 6) is -4.61. The number of rotatable bonds is 5. The van der Waals surface area contributed by atoms with Crippen molar-refractivity contribution in [2.24, 2.45) is 0 Å². The summed E-state index contributed by atoms with van der Waals surface area (Å²) in [6, 6.07) is 1.01. The number of pyridine rings is 1. The van der Waals surface area contributed by atoms with Gasteiger partial charge in [-0.05, 0) is 18.2 Å². The number of thioether (sulfide) groups is 1. The maximum absolute atomic E-state index is 13.6. The van der Waals surface area contributed by atoms with Gasteiger partial charge in [-0.1, -0.05) is 28.6 Å². The number of aliphatic hydroxyl groups excluding tert-OH is 3. The van der Waals surface area contributed by atoms with Gasteiger partial charge in [0.25, 0.3) is 0 Å². The van der Waals surface area contributed by atoms with Crippen LogP contribution < -0.4 is 0 Å². The Morgan fingerprint density at radius 1 is 1.08 bits per heavy atom. The average molecular weight is 557 g/mol. The average Bonchev–Trinajstić information content (AvgIpc) is 3.28. The summed E-state index contributed by atoms with van der Waals surface area (Å²) < 4.78 is 85.7. The van der Waals surface area contributed by atoms with E-state index in [9.17, 15) is 41.7 Å². The Labute approximate surface area is 207 Å². The SMILES string of the molecule is OCC1O[C@H](Sc2cnc(C(F)(F)F)c(Cl)c2)C(O)[C@@H](n2cc(-c3cc(F)c(F)c(F)c3)nn2)[C@H]1O. The summed E-state index contributed by atoms with van der Waals surface area (Å²) in [6.07, 6.45) is -7.17. The number of ether oxygens (including phenoxy) is 1. The largest absolute Gasteiger partial charge is 0.434 e. The highest BCUT2D eigenvalue weighted by atomic mass is 35.5. The third-order valence-corrected chi connectivity index (χ3v) is 6.69. The first-order chi connectivity index (χ1) is 16.9. The van der Waals surface area contributed by atoms with Gasteiger partial charge in [0.1, 0.15) is 35.5 Å². The lowest BCUT2D eigenvalue weighted by molar-refractivity contribution is -0.178. The predicted molar refractivity (Wildman–Crippen MR) is 112 cm³/mol. The fraction of sp³-hybridized carbons (Fsp3) is 0.350. The van der Waals surface area contributed by atoms with Crippen LogP contribution in [0.5, 0.6) is 0 Å². The van der Waals surface area contributed by atoms with Gasteiger partial charge in [0.2, 0.25) is 0 Å². The van der Waals surface area contributed by atoms with Crippen LogP contribution in [0.3, 0.4) is 0 Å². The molecule has 3 aromatic rings. The van der Waals surface area contributed by atoms with Gasteiger partial charge in [-0.2, -0.15) is 13.2 Å². The lowest BCUT2D eigenvalue weighted by Crippen LogP contribution is -2.55. The number of benzene rings is 1. The minimum absolute atomic E-state index is 0.0837. The third-order valence-electron chi connectivity index (χ3n) is 5.28. The molecule has 1 aliphatic heterocycles. The Morgan fingerprint density at radius 3 is 2.33 bits per heavy atom. The summed E-state index contributed by atoms with van der Waals surface area (Å²) in [5, 5.41) is 38.0. The molecule has 0 radical (unpaired) electrons. The molecule has 0 spiro atoms. The van der Waals surface area contributed by atoms with Crippen molar-refractivity contribution in [3.05, 3.63) is 58.8 Å². The van der Waals surface area contributed by atoms with Gasteiger partial charge in [-0.15, -0.1) is 5.10 Å². The van der Waals surface area contributed by atoms with Crippen LogP contribution in [-0.2, 0) is 10.9 Å². The fourth-order valence-corrected chi connectivity index (χ4v) is 4.97. The Bertz CT molecular complexity index is 1240. The molecule has 4 rings (SSSR count). The van der Waals surface area contributed by atoms with Gasteiger partial charge in [-0.3, -0.25) is 0 Å². The molecule has 2 aromatic heterocycles. The molecule has 0 aliphatic carbocycles. The first-order valence-corrected chi connectivity index (χ1v) is 11.2. The van der Waals surface area contributed by atoms with Crippen LogP contribution in [0.25, 0.3) is 11.3 Å². The van der Waals surface area contributed by atoms with Crippen LogP contribution in [0.1, 0.15) is 11.7 Å². The lowest BCUT2D eigenvalue weighted by Gasteiger charge is -2.41. The van der Waals surface area contributed by atoms with Crippen LogP contribution in [0.2, 0.25) is 5.02 Å². The molecule has 3 N–H and O–H groups in total. The molecule has 2 unspecified atom stereocenters. The summed E-state index contributed by atoms with van der Waals surface area (Å²) in [6.45, 7) is -0.705. The van der Waals surface area contributed by atoms with E-state index in [1.165, 1.54) is 0 Å². The second-order valence-corrected chi connectivity index (χ2v) is 9.23. The molecule has 16 heteroatoms. The van der Waals surface area contributed by atoms with Gasteiger partial charge < -0.3 is 20.1 Å². The number of halogens is 7. The minimum atomic E-state index is -4.78. The monoisotopic (exact) mass is 556 g/mol.